The zero-order valence-corrected chi connectivity index (χ0v) is 18.1. The molecule has 1 rings (SSSR count). The molecule has 1 aromatic heterocycles. The molecule has 0 unspecified atom stereocenters. The van der Waals surface area contributed by atoms with E-state index in [1.54, 1.807) is 0 Å². The second-order valence-corrected chi connectivity index (χ2v) is 7.14. The van der Waals surface area contributed by atoms with E-state index in [0.29, 0.717) is 5.41 Å². The highest BCUT2D eigenvalue weighted by atomic mass is 127. The standard InChI is InChI=1S/C17H33N5.HI/c1-13-15(14(2)22(7)21-13)12-20-16(18-6)19-11-9-8-10-17(3,4)5;/h8-12H2,1-7H3,(H2,18,19,20);1H. The molecule has 5 nitrogen and oxygen atoms in total. The molecule has 1 aromatic rings. The van der Waals surface area contributed by atoms with Gasteiger partial charge in [0.25, 0.3) is 0 Å². The molecule has 134 valence electrons. The fraction of sp³-hybridized carbons (Fsp3) is 0.765. The number of aromatic nitrogens is 2. The number of nitrogens with zero attached hydrogens (tertiary/aromatic N) is 3. The number of halogens is 1. The molecule has 2 N–H and O–H groups in total. The SMILES string of the molecule is CN=C(NCCCCC(C)(C)C)NCc1c(C)nn(C)c1C.I. The maximum absolute atomic E-state index is 4.44. The van der Waals surface area contributed by atoms with E-state index in [-0.39, 0.29) is 24.0 Å². The fourth-order valence-electron chi connectivity index (χ4n) is 2.45. The summed E-state index contributed by atoms with van der Waals surface area (Å²) in [4.78, 5) is 4.28. The van der Waals surface area contributed by atoms with E-state index in [4.69, 9.17) is 0 Å². The van der Waals surface area contributed by atoms with Gasteiger partial charge >= 0.3 is 0 Å². The molecular weight excluding hydrogens is 401 g/mol. The molecule has 6 heteroatoms. The summed E-state index contributed by atoms with van der Waals surface area (Å²) in [5.74, 6) is 0.860. The summed E-state index contributed by atoms with van der Waals surface area (Å²) in [6.45, 7) is 12.7. The van der Waals surface area contributed by atoms with Crippen molar-refractivity contribution in [3.63, 3.8) is 0 Å². The van der Waals surface area contributed by atoms with Crippen LogP contribution >= 0.6 is 24.0 Å². The van der Waals surface area contributed by atoms with Gasteiger partial charge in [0.05, 0.1) is 5.69 Å². The van der Waals surface area contributed by atoms with Gasteiger partial charge in [0, 0.05) is 38.4 Å². The van der Waals surface area contributed by atoms with Gasteiger partial charge in [-0.3, -0.25) is 9.67 Å². The zero-order chi connectivity index (χ0) is 16.8. The first-order chi connectivity index (χ1) is 10.2. The highest BCUT2D eigenvalue weighted by molar-refractivity contribution is 14.0. The summed E-state index contributed by atoms with van der Waals surface area (Å²) in [6.07, 6.45) is 3.67. The molecule has 0 fully saturated rings. The van der Waals surface area contributed by atoms with Gasteiger partial charge in [-0.05, 0) is 32.1 Å². The lowest BCUT2D eigenvalue weighted by Gasteiger charge is -2.18. The molecular formula is C17H34IN5. The van der Waals surface area contributed by atoms with Crippen LogP contribution < -0.4 is 10.6 Å². The summed E-state index contributed by atoms with van der Waals surface area (Å²) >= 11 is 0. The zero-order valence-electron chi connectivity index (χ0n) is 15.8. The Morgan fingerprint density at radius 1 is 1.17 bits per heavy atom. The fourth-order valence-corrected chi connectivity index (χ4v) is 2.45. The smallest absolute Gasteiger partial charge is 0.191 e. The molecule has 0 aliphatic heterocycles. The van der Waals surface area contributed by atoms with Gasteiger partial charge in [-0.25, -0.2) is 0 Å². The first-order valence-electron chi connectivity index (χ1n) is 8.18. The van der Waals surface area contributed by atoms with Crippen molar-refractivity contribution in [2.45, 2.75) is 60.4 Å². The molecule has 0 saturated carbocycles. The van der Waals surface area contributed by atoms with Crippen LogP contribution in [0.15, 0.2) is 4.99 Å². The van der Waals surface area contributed by atoms with Crippen LogP contribution in [0.25, 0.3) is 0 Å². The highest BCUT2D eigenvalue weighted by Gasteiger charge is 2.10. The second-order valence-electron chi connectivity index (χ2n) is 7.14. The normalized spacial score (nSPS) is 12.0. The van der Waals surface area contributed by atoms with Crippen molar-refractivity contribution < 1.29 is 0 Å². The minimum atomic E-state index is 0. The number of aliphatic imine (C=N–C) groups is 1. The van der Waals surface area contributed by atoms with Crippen LogP contribution in [0.3, 0.4) is 0 Å². The van der Waals surface area contributed by atoms with Gasteiger partial charge in [0.1, 0.15) is 0 Å². The molecule has 0 aliphatic carbocycles. The summed E-state index contributed by atoms with van der Waals surface area (Å²) in [5, 5.41) is 11.2. The quantitative estimate of drug-likeness (QED) is 0.311. The molecule has 1 heterocycles. The largest absolute Gasteiger partial charge is 0.356 e. The summed E-state index contributed by atoms with van der Waals surface area (Å²) in [5.41, 5.74) is 3.95. The Morgan fingerprint density at radius 3 is 2.30 bits per heavy atom. The first kappa shape index (κ1) is 22.2. The van der Waals surface area contributed by atoms with Gasteiger partial charge in [0.2, 0.25) is 0 Å². The molecule has 0 saturated heterocycles. The van der Waals surface area contributed by atoms with Gasteiger partial charge in [-0.2, -0.15) is 5.10 Å². The molecule has 0 aromatic carbocycles. The van der Waals surface area contributed by atoms with Crippen molar-refractivity contribution in [3.8, 4) is 0 Å². The van der Waals surface area contributed by atoms with Gasteiger partial charge in [-0.15, -0.1) is 24.0 Å². The predicted molar refractivity (Wildman–Crippen MR) is 110 cm³/mol. The molecule has 0 amide bonds. The summed E-state index contributed by atoms with van der Waals surface area (Å²) < 4.78 is 1.93. The third-order valence-corrected chi connectivity index (χ3v) is 3.96. The number of unbranched alkanes of at least 4 members (excludes halogenated alkanes) is 1. The Hall–Kier alpha value is -0.790. The van der Waals surface area contributed by atoms with E-state index in [1.807, 2.05) is 25.7 Å². The van der Waals surface area contributed by atoms with Gasteiger partial charge in [0.15, 0.2) is 5.96 Å². The van der Waals surface area contributed by atoms with Crippen molar-refractivity contribution in [1.29, 1.82) is 0 Å². The number of hydrogen-bond acceptors (Lipinski definition) is 2. The molecule has 0 spiro atoms. The van der Waals surface area contributed by atoms with Crippen LogP contribution in [-0.4, -0.2) is 29.3 Å². The van der Waals surface area contributed by atoms with Crippen molar-refractivity contribution in [1.82, 2.24) is 20.4 Å². The Balaban J connectivity index is 0.00000484. The molecule has 23 heavy (non-hydrogen) atoms. The van der Waals surface area contributed by atoms with E-state index in [2.05, 4.69) is 48.4 Å². The lowest BCUT2D eigenvalue weighted by Crippen LogP contribution is -2.37. The Morgan fingerprint density at radius 2 is 1.83 bits per heavy atom. The maximum atomic E-state index is 4.44. The Bertz CT molecular complexity index is 500. The average molecular weight is 435 g/mol. The minimum Gasteiger partial charge on any atom is -0.356 e. The molecule has 0 aliphatic rings. The third-order valence-electron chi connectivity index (χ3n) is 3.96. The second kappa shape index (κ2) is 10.2. The number of hydrogen-bond donors (Lipinski definition) is 2. The Kier molecular flexibility index (Phi) is 9.80. The average Bonchev–Trinajstić information content (AvgIpc) is 2.66. The number of rotatable bonds is 6. The number of guanidine groups is 1. The van der Waals surface area contributed by atoms with Crippen LogP contribution in [0, 0.1) is 19.3 Å². The number of nitrogens with one attached hydrogen (secondary N) is 2. The van der Waals surface area contributed by atoms with Crippen molar-refractivity contribution in [2.75, 3.05) is 13.6 Å². The van der Waals surface area contributed by atoms with Crippen LogP contribution in [0.4, 0.5) is 0 Å². The van der Waals surface area contributed by atoms with Crippen LogP contribution in [0.1, 0.15) is 57.0 Å². The lowest BCUT2D eigenvalue weighted by atomic mass is 9.90. The highest BCUT2D eigenvalue weighted by Crippen LogP contribution is 2.21. The van der Waals surface area contributed by atoms with Crippen molar-refractivity contribution >= 4 is 29.9 Å². The van der Waals surface area contributed by atoms with E-state index in [1.165, 1.54) is 30.5 Å². The van der Waals surface area contributed by atoms with Crippen molar-refractivity contribution in [3.05, 3.63) is 17.0 Å². The van der Waals surface area contributed by atoms with Crippen LogP contribution in [0.2, 0.25) is 0 Å². The topological polar surface area (TPSA) is 54.2 Å². The lowest BCUT2D eigenvalue weighted by molar-refractivity contribution is 0.360. The first-order valence-corrected chi connectivity index (χ1v) is 8.18. The van der Waals surface area contributed by atoms with Crippen LogP contribution in [0.5, 0.6) is 0 Å². The van der Waals surface area contributed by atoms with E-state index >= 15 is 0 Å². The summed E-state index contributed by atoms with van der Waals surface area (Å²) in [7, 11) is 3.79. The van der Waals surface area contributed by atoms with Gasteiger partial charge in [-0.1, -0.05) is 27.2 Å². The number of aryl methyl sites for hydroxylation is 2. The minimum absolute atomic E-state index is 0. The molecule has 0 radical (unpaired) electrons. The van der Waals surface area contributed by atoms with E-state index in [9.17, 15) is 0 Å². The molecule has 0 atom stereocenters. The molecule has 0 bridgehead atoms. The third kappa shape index (κ3) is 8.04. The van der Waals surface area contributed by atoms with E-state index < -0.39 is 0 Å². The monoisotopic (exact) mass is 435 g/mol. The van der Waals surface area contributed by atoms with Gasteiger partial charge < -0.3 is 10.6 Å². The summed E-state index contributed by atoms with van der Waals surface area (Å²) in [6, 6.07) is 0. The van der Waals surface area contributed by atoms with Crippen LogP contribution in [-0.2, 0) is 13.6 Å². The maximum Gasteiger partial charge on any atom is 0.191 e. The Labute approximate surface area is 158 Å². The van der Waals surface area contributed by atoms with Crippen molar-refractivity contribution in [2.24, 2.45) is 17.5 Å². The predicted octanol–water partition coefficient (Wildman–Crippen LogP) is 3.54. The van der Waals surface area contributed by atoms with E-state index in [0.717, 1.165) is 24.7 Å².